The number of carbonyl (C=O) groups excluding carboxylic acids is 1. The van der Waals surface area contributed by atoms with Crippen molar-refractivity contribution >= 4 is 16.7 Å². The first-order valence-electron chi connectivity index (χ1n) is 11.2. The molecule has 0 aliphatic heterocycles. The number of aromatic nitrogens is 3. The molecule has 3 atom stereocenters. The van der Waals surface area contributed by atoms with Gasteiger partial charge in [-0.15, -0.1) is 0 Å². The van der Waals surface area contributed by atoms with Gasteiger partial charge in [0.15, 0.2) is 11.6 Å². The molecule has 5 nitrogen and oxygen atoms in total. The molecule has 6 rings (SSSR count). The molecule has 0 radical (unpaired) electrons. The number of hydrogen-bond donors (Lipinski definition) is 0. The molecule has 2 aromatic carbocycles. The summed E-state index contributed by atoms with van der Waals surface area (Å²) in [5, 5.41) is 10.4. The monoisotopic (exact) mass is 446 g/mol. The lowest BCUT2D eigenvalue weighted by molar-refractivity contribution is -0.120. The number of pyridine rings is 1. The van der Waals surface area contributed by atoms with Gasteiger partial charge in [-0.2, -0.15) is 5.26 Å². The third-order valence-corrected chi connectivity index (χ3v) is 7.06. The van der Waals surface area contributed by atoms with Crippen LogP contribution in [0.1, 0.15) is 24.1 Å². The van der Waals surface area contributed by atoms with E-state index in [1.165, 1.54) is 6.07 Å². The summed E-state index contributed by atoms with van der Waals surface area (Å²) in [5.41, 5.74) is 4.35. The standard InChI is InChI=1S/C28H19FN4O/c1-15-20-13-22-25(19-6-2-3-9-23(19)29)32-28(18-7-4-10-24-17(18)8-5-11-31-24)33-26(22)21(20)12-16(14-30)27(15)34/h2-12,15,20-21H,13H2,1H3. The van der Waals surface area contributed by atoms with E-state index in [4.69, 9.17) is 9.97 Å². The van der Waals surface area contributed by atoms with Gasteiger partial charge in [-0.3, -0.25) is 9.78 Å². The Morgan fingerprint density at radius 2 is 1.85 bits per heavy atom. The van der Waals surface area contributed by atoms with Gasteiger partial charge in [0.05, 0.1) is 22.5 Å². The Morgan fingerprint density at radius 1 is 1.03 bits per heavy atom. The number of fused-ring (bicyclic) bond motifs is 4. The number of rotatable bonds is 2. The van der Waals surface area contributed by atoms with E-state index in [9.17, 15) is 14.4 Å². The van der Waals surface area contributed by atoms with Gasteiger partial charge in [0.1, 0.15) is 11.9 Å². The summed E-state index contributed by atoms with van der Waals surface area (Å²) in [4.78, 5) is 27.0. The van der Waals surface area contributed by atoms with Crippen LogP contribution in [0.15, 0.2) is 72.4 Å². The number of halogens is 1. The van der Waals surface area contributed by atoms with Crippen LogP contribution in [0.5, 0.6) is 0 Å². The number of nitrogens with zero attached hydrogens (tertiary/aromatic N) is 4. The van der Waals surface area contributed by atoms with Crippen LogP contribution in [0, 0.1) is 29.0 Å². The van der Waals surface area contributed by atoms with E-state index >= 15 is 0 Å². The van der Waals surface area contributed by atoms with E-state index in [0.29, 0.717) is 23.5 Å². The molecule has 0 spiro atoms. The number of ketones is 1. The molecular formula is C28H19FN4O. The lowest BCUT2D eigenvalue weighted by Gasteiger charge is -2.27. The highest BCUT2D eigenvalue weighted by atomic mass is 19.1. The van der Waals surface area contributed by atoms with Crippen LogP contribution in [0.2, 0.25) is 0 Å². The van der Waals surface area contributed by atoms with Crippen molar-refractivity contribution < 1.29 is 9.18 Å². The molecule has 0 amide bonds. The van der Waals surface area contributed by atoms with Gasteiger partial charge in [0, 0.05) is 40.1 Å². The van der Waals surface area contributed by atoms with E-state index < -0.39 is 0 Å². The zero-order valence-electron chi connectivity index (χ0n) is 18.4. The van der Waals surface area contributed by atoms with Gasteiger partial charge < -0.3 is 0 Å². The fraction of sp³-hybridized carbons (Fsp3) is 0.179. The quantitative estimate of drug-likeness (QED) is 0.411. The van der Waals surface area contributed by atoms with Crippen molar-refractivity contribution in [1.82, 2.24) is 15.0 Å². The third-order valence-electron chi connectivity index (χ3n) is 7.06. The van der Waals surface area contributed by atoms with E-state index in [1.807, 2.05) is 37.3 Å². The summed E-state index contributed by atoms with van der Waals surface area (Å²) >= 11 is 0. The highest BCUT2D eigenvalue weighted by Crippen LogP contribution is 2.49. The molecule has 0 bridgehead atoms. The fourth-order valence-corrected chi connectivity index (χ4v) is 5.32. The Bertz CT molecular complexity index is 1560. The van der Waals surface area contributed by atoms with Crippen molar-refractivity contribution in [2.24, 2.45) is 11.8 Å². The summed E-state index contributed by atoms with van der Waals surface area (Å²) in [6.07, 6.45) is 4.04. The Hall–Kier alpha value is -4.24. The maximum absolute atomic E-state index is 15.0. The Morgan fingerprint density at radius 3 is 2.68 bits per heavy atom. The highest BCUT2D eigenvalue weighted by Gasteiger charge is 2.44. The molecule has 0 N–H and O–H groups in total. The lowest BCUT2D eigenvalue weighted by Crippen LogP contribution is -2.29. The average Bonchev–Trinajstić information content (AvgIpc) is 3.24. The van der Waals surface area contributed by atoms with Crippen molar-refractivity contribution in [1.29, 1.82) is 5.26 Å². The summed E-state index contributed by atoms with van der Waals surface area (Å²) < 4.78 is 15.0. The molecule has 2 aliphatic carbocycles. The highest BCUT2D eigenvalue weighted by molar-refractivity contribution is 6.02. The molecule has 4 aromatic rings. The minimum atomic E-state index is -0.360. The van der Waals surface area contributed by atoms with Crippen LogP contribution in [0.25, 0.3) is 33.5 Å². The summed E-state index contributed by atoms with van der Waals surface area (Å²) in [5.74, 6) is -0.578. The molecule has 3 unspecified atom stereocenters. The number of carbonyl (C=O) groups is 1. The van der Waals surface area contributed by atoms with Gasteiger partial charge >= 0.3 is 0 Å². The molecule has 0 saturated carbocycles. The maximum atomic E-state index is 15.0. The van der Waals surface area contributed by atoms with Crippen molar-refractivity contribution in [2.75, 3.05) is 0 Å². The minimum Gasteiger partial charge on any atom is -0.293 e. The normalized spacial score (nSPS) is 21.0. The second kappa shape index (κ2) is 7.67. The van der Waals surface area contributed by atoms with Crippen LogP contribution < -0.4 is 0 Å². The van der Waals surface area contributed by atoms with Crippen LogP contribution in [0.3, 0.4) is 0 Å². The molecule has 6 heteroatoms. The molecule has 2 aromatic heterocycles. The van der Waals surface area contributed by atoms with Crippen molar-refractivity contribution in [3.63, 3.8) is 0 Å². The van der Waals surface area contributed by atoms with Crippen molar-refractivity contribution in [3.8, 4) is 28.7 Å². The zero-order chi connectivity index (χ0) is 23.4. The first kappa shape index (κ1) is 20.4. The molecule has 34 heavy (non-hydrogen) atoms. The van der Waals surface area contributed by atoms with E-state index in [-0.39, 0.29) is 34.9 Å². The molecular weight excluding hydrogens is 427 g/mol. The Balaban J connectivity index is 1.65. The topological polar surface area (TPSA) is 79.5 Å². The first-order chi connectivity index (χ1) is 16.6. The number of hydrogen-bond acceptors (Lipinski definition) is 5. The second-order valence-corrected chi connectivity index (χ2v) is 8.85. The summed E-state index contributed by atoms with van der Waals surface area (Å²) in [6, 6.07) is 18.2. The predicted octanol–water partition coefficient (Wildman–Crippen LogP) is 5.42. The Labute approximate surface area is 195 Å². The summed E-state index contributed by atoms with van der Waals surface area (Å²) in [7, 11) is 0. The van der Waals surface area contributed by atoms with E-state index in [0.717, 1.165) is 27.7 Å². The molecule has 164 valence electrons. The Kier molecular flexibility index (Phi) is 4.59. The molecule has 2 heterocycles. The van der Waals surface area contributed by atoms with Crippen LogP contribution >= 0.6 is 0 Å². The van der Waals surface area contributed by atoms with E-state index in [1.54, 1.807) is 30.5 Å². The van der Waals surface area contributed by atoms with Crippen LogP contribution in [-0.4, -0.2) is 20.7 Å². The van der Waals surface area contributed by atoms with Crippen molar-refractivity contribution in [3.05, 3.63) is 89.5 Å². The smallest absolute Gasteiger partial charge is 0.176 e. The van der Waals surface area contributed by atoms with Gasteiger partial charge in [-0.05, 0) is 36.6 Å². The maximum Gasteiger partial charge on any atom is 0.176 e. The second-order valence-electron chi connectivity index (χ2n) is 8.85. The van der Waals surface area contributed by atoms with E-state index in [2.05, 4.69) is 11.1 Å². The number of benzene rings is 2. The SMILES string of the molecule is CC1C(=O)C(C#N)=CC2c3nc(-c4cccc5ncccc45)nc(-c4ccccc4F)c3CC12. The van der Waals surface area contributed by atoms with Crippen LogP contribution in [0.4, 0.5) is 4.39 Å². The molecule has 0 saturated heterocycles. The van der Waals surface area contributed by atoms with Gasteiger partial charge in [-0.1, -0.05) is 43.3 Å². The molecule has 2 aliphatic rings. The lowest BCUT2D eigenvalue weighted by atomic mass is 9.74. The van der Waals surface area contributed by atoms with Gasteiger partial charge in [0.2, 0.25) is 0 Å². The summed E-state index contributed by atoms with van der Waals surface area (Å²) in [6.45, 7) is 1.86. The van der Waals surface area contributed by atoms with Gasteiger partial charge in [0.25, 0.3) is 0 Å². The first-order valence-corrected chi connectivity index (χ1v) is 11.2. The fourth-order valence-electron chi connectivity index (χ4n) is 5.32. The third kappa shape index (κ3) is 2.97. The van der Waals surface area contributed by atoms with Gasteiger partial charge in [-0.25, -0.2) is 14.4 Å². The zero-order valence-corrected chi connectivity index (χ0v) is 18.4. The number of allylic oxidation sites excluding steroid dienone is 2. The molecule has 0 fully saturated rings. The predicted molar refractivity (Wildman–Crippen MR) is 126 cm³/mol. The number of Topliss-reactive ketones (excluding diaryl/α,β-unsaturated/α-hetero) is 1. The van der Waals surface area contributed by atoms with Crippen molar-refractivity contribution in [2.45, 2.75) is 19.3 Å². The van der Waals surface area contributed by atoms with Crippen LogP contribution in [-0.2, 0) is 11.2 Å². The largest absolute Gasteiger partial charge is 0.293 e. The average molecular weight is 446 g/mol. The number of nitriles is 1. The minimum absolute atomic E-state index is 0.0381.